The summed E-state index contributed by atoms with van der Waals surface area (Å²) in [5.74, 6) is 1.48. The number of aromatic amines is 1. The predicted octanol–water partition coefficient (Wildman–Crippen LogP) is 2.62. The van der Waals surface area contributed by atoms with E-state index in [1.807, 2.05) is 36.5 Å². The fraction of sp³-hybridized carbons (Fsp3) is 0.444. The number of nitrogens with one attached hydrogen (secondary N) is 2. The van der Waals surface area contributed by atoms with E-state index in [1.165, 1.54) is 0 Å². The van der Waals surface area contributed by atoms with Gasteiger partial charge in [0.2, 0.25) is 0 Å². The van der Waals surface area contributed by atoms with Gasteiger partial charge in [0.05, 0.1) is 0 Å². The van der Waals surface area contributed by atoms with Crippen molar-refractivity contribution in [1.29, 1.82) is 0 Å². The topological polar surface area (TPSA) is 61.0 Å². The molecule has 1 fully saturated rings. The van der Waals surface area contributed by atoms with Gasteiger partial charge in [0.25, 0.3) is 5.91 Å². The molecule has 5 nitrogen and oxygen atoms in total. The first kappa shape index (κ1) is 15.6. The zero-order valence-corrected chi connectivity index (χ0v) is 13.6. The molecule has 1 saturated heterocycles. The molecule has 5 heteroatoms. The lowest BCUT2D eigenvalue weighted by Crippen LogP contribution is -2.41. The number of amides is 1. The number of anilines is 1. The Balaban J connectivity index is 1.53. The molecule has 23 heavy (non-hydrogen) atoms. The third-order valence-corrected chi connectivity index (χ3v) is 4.42. The van der Waals surface area contributed by atoms with Crippen LogP contribution in [0.3, 0.4) is 0 Å². The molecule has 0 spiro atoms. The maximum Gasteiger partial charge on any atom is 0.267 e. The Morgan fingerprint density at radius 2 is 2.30 bits per heavy atom. The molecule has 2 aromatic heterocycles. The van der Waals surface area contributed by atoms with Crippen molar-refractivity contribution in [3.8, 4) is 0 Å². The lowest BCUT2D eigenvalue weighted by Gasteiger charge is -2.33. The molecule has 1 aliphatic rings. The Morgan fingerprint density at radius 1 is 1.39 bits per heavy atom. The van der Waals surface area contributed by atoms with Crippen molar-refractivity contribution < 1.29 is 4.79 Å². The average Bonchev–Trinajstić information content (AvgIpc) is 3.10. The summed E-state index contributed by atoms with van der Waals surface area (Å²) in [5.41, 5.74) is 1.74. The zero-order valence-electron chi connectivity index (χ0n) is 13.6. The van der Waals surface area contributed by atoms with Crippen LogP contribution in [-0.4, -0.2) is 35.5 Å². The molecule has 122 valence electrons. The van der Waals surface area contributed by atoms with Gasteiger partial charge in [-0.15, -0.1) is 0 Å². The highest BCUT2D eigenvalue weighted by Crippen LogP contribution is 2.20. The Morgan fingerprint density at radius 3 is 3.04 bits per heavy atom. The Kier molecular flexibility index (Phi) is 4.95. The third kappa shape index (κ3) is 3.92. The van der Waals surface area contributed by atoms with Crippen LogP contribution in [0.15, 0.2) is 36.5 Å². The van der Waals surface area contributed by atoms with Crippen molar-refractivity contribution >= 4 is 11.7 Å². The molecule has 1 atom stereocenters. The first-order valence-electron chi connectivity index (χ1n) is 8.38. The van der Waals surface area contributed by atoms with Crippen molar-refractivity contribution in [3.05, 3.63) is 47.9 Å². The van der Waals surface area contributed by atoms with Crippen LogP contribution in [0.2, 0.25) is 0 Å². The standard InChI is InChI=1S/C18H24N4O/c1-2-15-8-9-16(21-15)18(23)20-12-14-6-5-11-22(13-14)17-7-3-4-10-19-17/h3-4,7-10,14,21H,2,5-6,11-13H2,1H3,(H,20,23)/t14-/m1/s1. The first-order chi connectivity index (χ1) is 11.3. The van der Waals surface area contributed by atoms with Crippen molar-refractivity contribution in [3.63, 3.8) is 0 Å². The minimum Gasteiger partial charge on any atom is -0.356 e. The summed E-state index contributed by atoms with van der Waals surface area (Å²) in [6, 6.07) is 9.83. The second-order valence-corrected chi connectivity index (χ2v) is 6.10. The van der Waals surface area contributed by atoms with Crippen LogP contribution in [0, 0.1) is 5.92 Å². The molecule has 3 rings (SSSR count). The highest BCUT2D eigenvalue weighted by Gasteiger charge is 2.21. The van der Waals surface area contributed by atoms with E-state index < -0.39 is 0 Å². The Hall–Kier alpha value is -2.30. The van der Waals surface area contributed by atoms with Crippen LogP contribution in [-0.2, 0) is 6.42 Å². The summed E-state index contributed by atoms with van der Waals surface area (Å²) in [7, 11) is 0. The number of piperidine rings is 1. The minimum atomic E-state index is -0.0142. The number of aryl methyl sites for hydroxylation is 1. The van der Waals surface area contributed by atoms with Crippen LogP contribution < -0.4 is 10.2 Å². The van der Waals surface area contributed by atoms with Crippen LogP contribution in [0.5, 0.6) is 0 Å². The maximum absolute atomic E-state index is 12.2. The van der Waals surface area contributed by atoms with Gasteiger partial charge in [-0.1, -0.05) is 13.0 Å². The van der Waals surface area contributed by atoms with Crippen LogP contribution in [0.4, 0.5) is 5.82 Å². The summed E-state index contributed by atoms with van der Waals surface area (Å²) in [6.07, 6.45) is 5.03. The number of H-pyrrole nitrogens is 1. The smallest absolute Gasteiger partial charge is 0.267 e. The summed E-state index contributed by atoms with van der Waals surface area (Å²) >= 11 is 0. The molecular weight excluding hydrogens is 288 g/mol. The Labute approximate surface area is 137 Å². The van der Waals surface area contributed by atoms with Gasteiger partial charge >= 0.3 is 0 Å². The third-order valence-electron chi connectivity index (χ3n) is 4.42. The molecule has 0 bridgehead atoms. The molecule has 0 aromatic carbocycles. The van der Waals surface area contributed by atoms with Gasteiger partial charge in [-0.3, -0.25) is 4.79 Å². The van der Waals surface area contributed by atoms with Crippen LogP contribution >= 0.6 is 0 Å². The molecular formula is C18H24N4O. The summed E-state index contributed by atoms with van der Waals surface area (Å²) in [4.78, 5) is 22.1. The minimum absolute atomic E-state index is 0.0142. The van der Waals surface area contributed by atoms with E-state index in [0.717, 1.165) is 43.9 Å². The second-order valence-electron chi connectivity index (χ2n) is 6.10. The van der Waals surface area contributed by atoms with Gasteiger partial charge in [-0.25, -0.2) is 4.98 Å². The maximum atomic E-state index is 12.2. The van der Waals surface area contributed by atoms with Gasteiger partial charge in [0.15, 0.2) is 0 Å². The van der Waals surface area contributed by atoms with Gasteiger partial charge < -0.3 is 15.2 Å². The molecule has 1 amide bonds. The lowest BCUT2D eigenvalue weighted by molar-refractivity contribution is 0.0941. The van der Waals surface area contributed by atoms with Crippen molar-refractivity contribution in [2.24, 2.45) is 5.92 Å². The fourth-order valence-electron chi connectivity index (χ4n) is 3.09. The number of carbonyl (C=O) groups excluding carboxylic acids is 1. The van der Waals surface area contributed by atoms with E-state index in [4.69, 9.17) is 0 Å². The van der Waals surface area contributed by atoms with Gasteiger partial charge in [0, 0.05) is 31.5 Å². The second kappa shape index (κ2) is 7.31. The summed E-state index contributed by atoms with van der Waals surface area (Å²) < 4.78 is 0. The number of hydrogen-bond acceptors (Lipinski definition) is 3. The normalized spacial score (nSPS) is 18.0. The molecule has 0 radical (unpaired) electrons. The van der Waals surface area contributed by atoms with E-state index in [-0.39, 0.29) is 5.91 Å². The van der Waals surface area contributed by atoms with Crippen molar-refractivity contribution in [1.82, 2.24) is 15.3 Å². The number of pyridine rings is 1. The van der Waals surface area contributed by atoms with Gasteiger partial charge in [-0.2, -0.15) is 0 Å². The largest absolute Gasteiger partial charge is 0.356 e. The van der Waals surface area contributed by atoms with E-state index in [2.05, 4.69) is 27.1 Å². The lowest BCUT2D eigenvalue weighted by atomic mass is 9.98. The fourth-order valence-corrected chi connectivity index (χ4v) is 3.09. The monoisotopic (exact) mass is 312 g/mol. The van der Waals surface area contributed by atoms with E-state index in [0.29, 0.717) is 18.2 Å². The average molecular weight is 312 g/mol. The van der Waals surface area contributed by atoms with Crippen molar-refractivity contribution in [2.45, 2.75) is 26.2 Å². The summed E-state index contributed by atoms with van der Waals surface area (Å²) in [6.45, 7) is 4.77. The van der Waals surface area contributed by atoms with E-state index in [1.54, 1.807) is 0 Å². The molecule has 0 aliphatic carbocycles. The van der Waals surface area contributed by atoms with E-state index >= 15 is 0 Å². The highest BCUT2D eigenvalue weighted by molar-refractivity contribution is 5.92. The van der Waals surface area contributed by atoms with Crippen molar-refractivity contribution in [2.75, 3.05) is 24.5 Å². The number of nitrogens with zero attached hydrogens (tertiary/aromatic N) is 2. The molecule has 2 N–H and O–H groups in total. The number of carbonyl (C=O) groups is 1. The first-order valence-corrected chi connectivity index (χ1v) is 8.38. The SMILES string of the molecule is CCc1ccc(C(=O)NC[C@H]2CCCN(c3ccccn3)C2)[nH]1. The van der Waals surface area contributed by atoms with Crippen LogP contribution in [0.1, 0.15) is 35.9 Å². The van der Waals surface area contributed by atoms with Gasteiger partial charge in [-0.05, 0) is 49.4 Å². The quantitative estimate of drug-likeness (QED) is 0.892. The molecule has 1 aliphatic heterocycles. The Bertz CT molecular complexity index is 637. The zero-order chi connectivity index (χ0) is 16.1. The predicted molar refractivity (Wildman–Crippen MR) is 91.7 cm³/mol. The highest BCUT2D eigenvalue weighted by atomic mass is 16.1. The summed E-state index contributed by atoms with van der Waals surface area (Å²) in [5, 5.41) is 3.06. The molecule has 0 saturated carbocycles. The molecule has 0 unspecified atom stereocenters. The van der Waals surface area contributed by atoms with Gasteiger partial charge in [0.1, 0.15) is 11.5 Å². The van der Waals surface area contributed by atoms with E-state index in [9.17, 15) is 4.79 Å². The molecule has 3 heterocycles. The number of rotatable bonds is 5. The number of hydrogen-bond donors (Lipinski definition) is 2. The molecule has 2 aromatic rings. The number of aromatic nitrogens is 2. The van der Waals surface area contributed by atoms with Crippen LogP contribution in [0.25, 0.3) is 0 Å².